The van der Waals surface area contributed by atoms with Gasteiger partial charge in [-0.3, -0.25) is 24.5 Å². The number of esters is 1. The lowest BCUT2D eigenvalue weighted by atomic mass is 10.1. The van der Waals surface area contributed by atoms with Gasteiger partial charge in [0, 0.05) is 57.5 Å². The van der Waals surface area contributed by atoms with Crippen LogP contribution in [0.15, 0.2) is 91.0 Å². The van der Waals surface area contributed by atoms with Gasteiger partial charge in [0.05, 0.1) is 29.2 Å². The molecule has 3 aromatic heterocycles. The Balaban J connectivity index is 0.000000199. The maximum absolute atomic E-state index is 12.0. The standard InChI is InChI=1S/2C18H24N2O.C15H17NO2/c2*1-4-5-10-19-18(21)15-7-9-17-14(12-15)6-8-16(20-17)11-13(2)3;1-10(2)8-13-6-4-11-9-12(15(17)18-3)5-7-14(11)16-13/h2*6-9,12-13H,4-5,10-11H2,1-3H3,(H,19,21);4-7,9-10H,8H2,1-3H3. The SMILES string of the molecule is CCCCNC(=O)c1ccc2nc(CC(C)C)ccc2c1.CCCCNC(=O)c1ccc2nc(CC(C)C)ccc2c1.COC(=O)c1ccc2nc(CC(C)C)ccc2c1. The number of carbonyl (C=O) groups excluding carboxylic acids is 3. The van der Waals surface area contributed by atoms with E-state index in [1.54, 1.807) is 6.07 Å². The number of nitrogens with zero attached hydrogens (tertiary/aromatic N) is 3. The van der Waals surface area contributed by atoms with Crippen molar-refractivity contribution in [2.45, 2.75) is 100 Å². The summed E-state index contributed by atoms with van der Waals surface area (Å²) in [6.07, 6.45) is 7.12. The molecule has 0 unspecified atom stereocenters. The van der Waals surface area contributed by atoms with Crippen molar-refractivity contribution in [1.29, 1.82) is 0 Å². The molecule has 0 aliphatic heterocycles. The van der Waals surface area contributed by atoms with Crippen molar-refractivity contribution >= 4 is 50.5 Å². The molecule has 60 heavy (non-hydrogen) atoms. The number of amides is 2. The van der Waals surface area contributed by atoms with E-state index >= 15 is 0 Å². The van der Waals surface area contributed by atoms with E-state index in [4.69, 9.17) is 4.74 Å². The molecule has 0 saturated carbocycles. The van der Waals surface area contributed by atoms with Crippen LogP contribution in [0, 0.1) is 17.8 Å². The number of hydrogen-bond acceptors (Lipinski definition) is 7. The zero-order chi connectivity index (χ0) is 43.6. The van der Waals surface area contributed by atoms with Gasteiger partial charge < -0.3 is 15.4 Å². The van der Waals surface area contributed by atoms with E-state index < -0.39 is 0 Å². The Kier molecular flexibility index (Phi) is 18.6. The number of unbranched alkanes of at least 4 members (excludes halogenated alkanes) is 2. The van der Waals surface area contributed by atoms with Crippen LogP contribution in [0.2, 0.25) is 0 Å². The Hall–Kier alpha value is -5.70. The number of ether oxygens (including phenoxy) is 1. The minimum Gasteiger partial charge on any atom is -0.465 e. The van der Waals surface area contributed by atoms with Gasteiger partial charge in [-0.25, -0.2) is 4.79 Å². The van der Waals surface area contributed by atoms with E-state index in [9.17, 15) is 14.4 Å². The fraction of sp³-hybridized carbons (Fsp3) is 0.412. The first-order valence-electron chi connectivity index (χ1n) is 21.6. The Morgan fingerprint density at radius 1 is 0.500 bits per heavy atom. The van der Waals surface area contributed by atoms with E-state index in [2.05, 4.69) is 105 Å². The van der Waals surface area contributed by atoms with E-state index in [1.807, 2.05) is 60.7 Å². The summed E-state index contributed by atoms with van der Waals surface area (Å²) < 4.78 is 4.70. The lowest BCUT2D eigenvalue weighted by Gasteiger charge is -2.08. The molecule has 0 fully saturated rings. The molecule has 9 heteroatoms. The number of hydrogen-bond donors (Lipinski definition) is 2. The predicted octanol–water partition coefficient (Wildman–Crippen LogP) is 11.1. The van der Waals surface area contributed by atoms with Gasteiger partial charge >= 0.3 is 5.97 Å². The molecule has 6 rings (SSSR count). The van der Waals surface area contributed by atoms with Gasteiger partial charge in [0.2, 0.25) is 0 Å². The molecule has 9 nitrogen and oxygen atoms in total. The van der Waals surface area contributed by atoms with E-state index in [0.717, 1.165) is 108 Å². The van der Waals surface area contributed by atoms with Gasteiger partial charge in [0.15, 0.2) is 0 Å². The highest BCUT2D eigenvalue weighted by molar-refractivity contribution is 5.99. The molecule has 6 aromatic rings. The summed E-state index contributed by atoms with van der Waals surface area (Å²) >= 11 is 0. The van der Waals surface area contributed by atoms with Crippen molar-refractivity contribution in [2.24, 2.45) is 17.8 Å². The molecule has 0 saturated heterocycles. The van der Waals surface area contributed by atoms with Crippen molar-refractivity contribution in [3.8, 4) is 0 Å². The molecular weight excluding hydrogens is 747 g/mol. The highest BCUT2D eigenvalue weighted by Gasteiger charge is 2.10. The van der Waals surface area contributed by atoms with Crippen molar-refractivity contribution in [3.05, 3.63) is 125 Å². The van der Waals surface area contributed by atoms with Gasteiger partial charge in [-0.2, -0.15) is 0 Å². The number of aromatic nitrogens is 3. The van der Waals surface area contributed by atoms with Crippen LogP contribution < -0.4 is 10.6 Å². The normalized spacial score (nSPS) is 11.0. The van der Waals surface area contributed by atoms with Crippen LogP contribution in [0.25, 0.3) is 32.7 Å². The third kappa shape index (κ3) is 14.8. The molecule has 3 aromatic carbocycles. The first-order chi connectivity index (χ1) is 28.8. The van der Waals surface area contributed by atoms with Gasteiger partial charge in [-0.05, 0) is 123 Å². The van der Waals surface area contributed by atoms with Crippen molar-refractivity contribution in [3.63, 3.8) is 0 Å². The average molecular weight is 812 g/mol. The van der Waals surface area contributed by atoms with Crippen molar-refractivity contribution in [1.82, 2.24) is 25.6 Å². The van der Waals surface area contributed by atoms with Crippen LogP contribution in [0.4, 0.5) is 0 Å². The number of fused-ring (bicyclic) bond motifs is 3. The predicted molar refractivity (Wildman–Crippen MR) is 247 cm³/mol. The Labute approximate surface area is 357 Å². The monoisotopic (exact) mass is 812 g/mol. The molecule has 3 heterocycles. The maximum atomic E-state index is 12.0. The minimum atomic E-state index is -0.317. The Morgan fingerprint density at radius 3 is 1.15 bits per heavy atom. The Morgan fingerprint density at radius 2 is 0.833 bits per heavy atom. The van der Waals surface area contributed by atoms with E-state index in [1.165, 1.54) is 7.11 Å². The topological polar surface area (TPSA) is 123 Å². The molecule has 2 N–H and O–H groups in total. The lowest BCUT2D eigenvalue weighted by Crippen LogP contribution is -2.24. The zero-order valence-corrected chi connectivity index (χ0v) is 37.2. The van der Waals surface area contributed by atoms with Crippen molar-refractivity contribution in [2.75, 3.05) is 20.2 Å². The summed E-state index contributed by atoms with van der Waals surface area (Å²) in [5, 5.41) is 8.89. The molecule has 0 aliphatic rings. The van der Waals surface area contributed by atoms with Crippen LogP contribution in [-0.4, -0.2) is 52.9 Å². The van der Waals surface area contributed by atoms with E-state index in [-0.39, 0.29) is 17.8 Å². The summed E-state index contributed by atoms with van der Waals surface area (Å²) in [6, 6.07) is 29.1. The second-order valence-electron chi connectivity index (χ2n) is 16.6. The molecule has 0 spiro atoms. The molecule has 0 atom stereocenters. The van der Waals surface area contributed by atoms with Crippen LogP contribution in [0.1, 0.15) is 129 Å². The second kappa shape index (κ2) is 23.8. The summed E-state index contributed by atoms with van der Waals surface area (Å²) in [7, 11) is 1.39. The summed E-state index contributed by atoms with van der Waals surface area (Å²) in [5.74, 6) is 1.46. The molecule has 318 valence electrons. The largest absolute Gasteiger partial charge is 0.465 e. The molecule has 0 bridgehead atoms. The van der Waals surface area contributed by atoms with Gasteiger partial charge in [0.25, 0.3) is 11.8 Å². The fourth-order valence-electron chi connectivity index (χ4n) is 6.59. The number of carbonyl (C=O) groups is 3. The highest BCUT2D eigenvalue weighted by atomic mass is 16.5. The average Bonchev–Trinajstić information content (AvgIpc) is 3.22. The summed E-state index contributed by atoms with van der Waals surface area (Å²) in [4.78, 5) is 49.4. The third-order valence-electron chi connectivity index (χ3n) is 9.67. The first kappa shape index (κ1) is 47.0. The number of methoxy groups -OCH3 is 1. The molecule has 0 radical (unpaired) electrons. The quantitative estimate of drug-likeness (QED) is 0.0782. The number of pyridine rings is 3. The molecule has 0 aliphatic carbocycles. The van der Waals surface area contributed by atoms with Crippen LogP contribution in [0.5, 0.6) is 0 Å². The van der Waals surface area contributed by atoms with Crippen molar-refractivity contribution < 1.29 is 19.1 Å². The zero-order valence-electron chi connectivity index (χ0n) is 37.2. The lowest BCUT2D eigenvalue weighted by molar-refractivity contribution is 0.0600. The fourth-order valence-corrected chi connectivity index (χ4v) is 6.59. The van der Waals surface area contributed by atoms with Crippen LogP contribution in [-0.2, 0) is 24.0 Å². The third-order valence-corrected chi connectivity index (χ3v) is 9.67. The van der Waals surface area contributed by atoms with Crippen LogP contribution >= 0.6 is 0 Å². The number of rotatable bonds is 15. The summed E-state index contributed by atoms with van der Waals surface area (Å²) in [6.45, 7) is 18.8. The first-order valence-corrected chi connectivity index (χ1v) is 21.6. The van der Waals surface area contributed by atoms with Gasteiger partial charge in [0.1, 0.15) is 0 Å². The minimum absolute atomic E-state index is 0.00314. The number of nitrogens with one attached hydrogen (secondary N) is 2. The number of benzene rings is 3. The van der Waals surface area contributed by atoms with Crippen LogP contribution in [0.3, 0.4) is 0 Å². The highest BCUT2D eigenvalue weighted by Crippen LogP contribution is 2.20. The molecule has 2 amide bonds. The van der Waals surface area contributed by atoms with Gasteiger partial charge in [-0.1, -0.05) is 86.4 Å². The summed E-state index contributed by atoms with van der Waals surface area (Å²) in [5.41, 5.74) is 8.10. The second-order valence-corrected chi connectivity index (χ2v) is 16.6. The van der Waals surface area contributed by atoms with Gasteiger partial charge in [-0.15, -0.1) is 0 Å². The Bertz CT molecular complexity index is 2220. The smallest absolute Gasteiger partial charge is 0.337 e. The molecular formula is C51H65N5O4. The van der Waals surface area contributed by atoms with E-state index in [0.29, 0.717) is 34.4 Å². The maximum Gasteiger partial charge on any atom is 0.337 e.